The Morgan fingerprint density at radius 2 is 1.68 bits per heavy atom. The predicted molar refractivity (Wildman–Crippen MR) is 139 cm³/mol. The lowest BCUT2D eigenvalue weighted by Gasteiger charge is -2.68. The van der Waals surface area contributed by atoms with E-state index >= 15 is 0 Å². The standard InChI is InChI=1S/C29H46O12/c1-13-22(34)23(35)24(36)25(40-13)41-15-8-19(32)28(12-30)21-17(3-5-27(28,37)9-15)29(38)6-4-16(14-7-20(33)39-11-14)26(29,2)10-18(21)31/h13-19,21-25,30-32,34-38H,3-12H2,1-2H3/t13-,14+,15+,16+,17+,18+,19+,21+,22+,23+,24-,25+,26-,27-,28-,29+/m1/s1. The molecule has 0 unspecified atom stereocenters. The number of rotatable bonds is 4. The van der Waals surface area contributed by atoms with Crippen molar-refractivity contribution in [3.63, 3.8) is 0 Å². The van der Waals surface area contributed by atoms with Crippen molar-refractivity contribution in [1.82, 2.24) is 0 Å². The van der Waals surface area contributed by atoms with E-state index in [1.165, 1.54) is 6.92 Å². The molecule has 0 aromatic heterocycles. The summed E-state index contributed by atoms with van der Waals surface area (Å²) in [5, 5.41) is 89.7. The molecule has 2 heterocycles. The van der Waals surface area contributed by atoms with E-state index in [2.05, 4.69) is 0 Å². The van der Waals surface area contributed by atoms with E-state index in [1.807, 2.05) is 6.92 Å². The molecule has 6 fully saturated rings. The first kappa shape index (κ1) is 30.1. The summed E-state index contributed by atoms with van der Waals surface area (Å²) in [4.78, 5) is 11.9. The normalized spacial score (nSPS) is 58.8. The number of hydrogen-bond donors (Lipinski definition) is 8. The summed E-state index contributed by atoms with van der Waals surface area (Å²) in [7, 11) is 0. The zero-order valence-electron chi connectivity index (χ0n) is 23.7. The molecule has 6 rings (SSSR count). The summed E-state index contributed by atoms with van der Waals surface area (Å²) in [6.45, 7) is 3.20. The molecule has 2 aliphatic heterocycles. The van der Waals surface area contributed by atoms with Gasteiger partial charge in [-0.2, -0.15) is 0 Å². The molecule has 234 valence electrons. The number of hydrogen-bond acceptors (Lipinski definition) is 12. The van der Waals surface area contributed by atoms with Gasteiger partial charge in [0.15, 0.2) is 6.29 Å². The fourth-order valence-electron chi connectivity index (χ4n) is 10.5. The Hall–Kier alpha value is -0.930. The summed E-state index contributed by atoms with van der Waals surface area (Å²) in [6.07, 6.45) is -7.60. The largest absolute Gasteiger partial charge is 0.465 e. The van der Waals surface area contributed by atoms with Crippen molar-refractivity contribution >= 4 is 5.97 Å². The summed E-state index contributed by atoms with van der Waals surface area (Å²) in [5.41, 5.74) is -5.13. The van der Waals surface area contributed by atoms with Crippen LogP contribution in [0, 0.1) is 34.5 Å². The smallest absolute Gasteiger partial charge is 0.306 e. The van der Waals surface area contributed by atoms with Gasteiger partial charge in [0.25, 0.3) is 0 Å². The van der Waals surface area contributed by atoms with Crippen molar-refractivity contribution in [2.45, 2.75) is 125 Å². The average molecular weight is 587 g/mol. The highest BCUT2D eigenvalue weighted by atomic mass is 16.7. The first-order chi connectivity index (χ1) is 19.2. The van der Waals surface area contributed by atoms with E-state index in [9.17, 15) is 45.6 Å². The number of aliphatic hydroxyl groups is 8. The molecule has 4 aliphatic carbocycles. The highest BCUT2D eigenvalue weighted by molar-refractivity contribution is 5.71. The number of esters is 1. The minimum atomic E-state index is -1.66. The van der Waals surface area contributed by atoms with Gasteiger partial charge in [0, 0.05) is 30.1 Å². The van der Waals surface area contributed by atoms with Gasteiger partial charge in [-0.1, -0.05) is 6.92 Å². The Kier molecular flexibility index (Phi) is 7.38. The molecule has 4 saturated carbocycles. The summed E-state index contributed by atoms with van der Waals surface area (Å²) < 4.78 is 16.8. The average Bonchev–Trinajstić information content (AvgIpc) is 3.45. The van der Waals surface area contributed by atoms with Gasteiger partial charge < -0.3 is 55.1 Å². The van der Waals surface area contributed by atoms with Crippen LogP contribution in [0.15, 0.2) is 0 Å². The Balaban J connectivity index is 1.27. The Morgan fingerprint density at radius 1 is 0.976 bits per heavy atom. The van der Waals surface area contributed by atoms with E-state index in [0.29, 0.717) is 25.9 Å². The van der Waals surface area contributed by atoms with Gasteiger partial charge in [0.05, 0.1) is 60.7 Å². The van der Waals surface area contributed by atoms with Crippen LogP contribution in [0.5, 0.6) is 0 Å². The quantitative estimate of drug-likeness (QED) is 0.141. The van der Waals surface area contributed by atoms with E-state index in [4.69, 9.17) is 14.2 Å². The first-order valence-electron chi connectivity index (χ1n) is 15.1. The fourth-order valence-corrected chi connectivity index (χ4v) is 10.5. The van der Waals surface area contributed by atoms with Crippen molar-refractivity contribution in [3.05, 3.63) is 0 Å². The third kappa shape index (κ3) is 4.05. The molecule has 16 atom stereocenters. The summed E-state index contributed by atoms with van der Waals surface area (Å²) in [5.74, 6) is -1.63. The molecule has 8 N–H and O–H groups in total. The van der Waals surface area contributed by atoms with E-state index < -0.39 is 89.5 Å². The number of cyclic esters (lactones) is 1. The van der Waals surface area contributed by atoms with Crippen LogP contribution in [0.3, 0.4) is 0 Å². The van der Waals surface area contributed by atoms with Gasteiger partial charge >= 0.3 is 5.97 Å². The number of aliphatic hydroxyl groups excluding tert-OH is 6. The van der Waals surface area contributed by atoms with Crippen molar-refractivity contribution < 1.29 is 59.9 Å². The third-order valence-corrected chi connectivity index (χ3v) is 12.6. The van der Waals surface area contributed by atoms with Crippen molar-refractivity contribution in [1.29, 1.82) is 0 Å². The molecule has 12 nitrogen and oxygen atoms in total. The third-order valence-electron chi connectivity index (χ3n) is 12.6. The molecule has 0 aromatic carbocycles. The lowest BCUT2D eigenvalue weighted by atomic mass is 9.40. The van der Waals surface area contributed by atoms with Crippen molar-refractivity contribution in [3.8, 4) is 0 Å². The highest BCUT2D eigenvalue weighted by Crippen LogP contribution is 2.71. The van der Waals surface area contributed by atoms with Gasteiger partial charge in [0.1, 0.15) is 18.3 Å². The van der Waals surface area contributed by atoms with Crippen LogP contribution in [0.2, 0.25) is 0 Å². The van der Waals surface area contributed by atoms with Gasteiger partial charge in [-0.05, 0) is 50.9 Å². The second-order valence-corrected chi connectivity index (χ2v) is 14.2. The highest BCUT2D eigenvalue weighted by Gasteiger charge is 2.75. The second kappa shape index (κ2) is 10.0. The van der Waals surface area contributed by atoms with Crippen LogP contribution in [-0.4, -0.2) is 120 Å². The van der Waals surface area contributed by atoms with Crippen molar-refractivity contribution in [2.24, 2.45) is 34.5 Å². The molecule has 0 spiro atoms. The van der Waals surface area contributed by atoms with Gasteiger partial charge in [-0.25, -0.2) is 0 Å². The molecule has 0 amide bonds. The van der Waals surface area contributed by atoms with Crippen molar-refractivity contribution in [2.75, 3.05) is 13.2 Å². The van der Waals surface area contributed by atoms with Crippen LogP contribution in [0.1, 0.15) is 65.2 Å². The maximum absolute atomic E-state index is 12.4. The molecule has 6 aliphatic rings. The minimum absolute atomic E-state index is 0.0278. The molecule has 0 radical (unpaired) electrons. The lowest BCUT2D eigenvalue weighted by molar-refractivity contribution is -0.342. The number of fused-ring (bicyclic) bond motifs is 5. The Morgan fingerprint density at radius 3 is 2.34 bits per heavy atom. The van der Waals surface area contributed by atoms with Crippen LogP contribution >= 0.6 is 0 Å². The topological polar surface area (TPSA) is 207 Å². The van der Waals surface area contributed by atoms with Gasteiger partial charge in [-0.3, -0.25) is 4.79 Å². The second-order valence-electron chi connectivity index (χ2n) is 14.2. The van der Waals surface area contributed by atoms with E-state index in [1.54, 1.807) is 0 Å². The Bertz CT molecular complexity index is 1030. The molecular formula is C29H46O12. The SMILES string of the molecule is C[C@H]1O[C@@H](O[C@H]2C[C@H](O)[C@]3(CO)[C@@H]4[C@@H](O)C[C@]5(C)[C@H]([C@@H]6COC(=O)C6)CC[C@]5(O)[C@H]4CC[C@@]3(O)C2)[C@H](O)[C@@H](O)[C@H]1O. The molecule has 12 heteroatoms. The monoisotopic (exact) mass is 586 g/mol. The fraction of sp³-hybridized carbons (Fsp3) is 0.966. The van der Waals surface area contributed by atoms with Crippen LogP contribution in [0.4, 0.5) is 0 Å². The molecule has 0 bridgehead atoms. The summed E-state index contributed by atoms with van der Waals surface area (Å²) in [6, 6.07) is 0. The zero-order chi connectivity index (χ0) is 29.7. The Labute approximate surface area is 239 Å². The number of ether oxygens (including phenoxy) is 3. The summed E-state index contributed by atoms with van der Waals surface area (Å²) >= 11 is 0. The molecule has 2 saturated heterocycles. The molecular weight excluding hydrogens is 540 g/mol. The minimum Gasteiger partial charge on any atom is -0.465 e. The number of carbonyl (C=O) groups is 1. The maximum Gasteiger partial charge on any atom is 0.306 e. The molecule has 0 aromatic rings. The number of carbonyl (C=O) groups excluding carboxylic acids is 1. The first-order valence-corrected chi connectivity index (χ1v) is 15.1. The van der Waals surface area contributed by atoms with E-state index in [0.717, 1.165) is 0 Å². The van der Waals surface area contributed by atoms with Gasteiger partial charge in [0.2, 0.25) is 0 Å². The predicted octanol–water partition coefficient (Wildman–Crippen LogP) is -1.44. The maximum atomic E-state index is 12.4. The zero-order valence-corrected chi connectivity index (χ0v) is 23.7. The molecule has 41 heavy (non-hydrogen) atoms. The van der Waals surface area contributed by atoms with Crippen LogP contribution in [-0.2, 0) is 19.0 Å². The van der Waals surface area contributed by atoms with Crippen LogP contribution in [0.25, 0.3) is 0 Å². The van der Waals surface area contributed by atoms with Gasteiger partial charge in [-0.15, -0.1) is 0 Å². The van der Waals surface area contributed by atoms with Crippen LogP contribution < -0.4 is 0 Å². The van der Waals surface area contributed by atoms with E-state index in [-0.39, 0.29) is 49.9 Å². The lowest BCUT2D eigenvalue weighted by Crippen LogP contribution is -2.76.